The van der Waals surface area contributed by atoms with E-state index >= 15 is 0 Å². The zero-order valence-electron chi connectivity index (χ0n) is 19.0. The van der Waals surface area contributed by atoms with E-state index in [9.17, 15) is 4.79 Å². The number of benzene rings is 2. The first kappa shape index (κ1) is 21.3. The number of allylic oxidation sites excluding steroid dienone is 1. The normalized spacial score (nSPS) is 24.8. The Balaban J connectivity index is 1.87. The Bertz CT molecular complexity index is 916. The predicted octanol–water partition coefficient (Wildman–Crippen LogP) is 5.41. The molecule has 0 N–H and O–H groups in total. The fourth-order valence-corrected chi connectivity index (χ4v) is 10.6. The molecule has 0 unspecified atom stereocenters. The quantitative estimate of drug-likeness (QED) is 0.621. The van der Waals surface area contributed by atoms with Crippen molar-refractivity contribution in [1.29, 1.82) is 0 Å². The molecule has 2 aliphatic carbocycles. The average molecular weight is 419 g/mol. The highest BCUT2D eigenvalue weighted by molar-refractivity contribution is 6.99. The summed E-state index contributed by atoms with van der Waals surface area (Å²) in [6, 6.07) is 21.8. The molecule has 0 radical (unpaired) electrons. The smallest absolute Gasteiger partial charge is 0.261 e. The molecule has 2 nitrogen and oxygen atoms in total. The molecule has 0 spiro atoms. The molecule has 3 heteroatoms. The Kier molecular flexibility index (Phi) is 5.40. The van der Waals surface area contributed by atoms with Gasteiger partial charge in [-0.05, 0) is 47.2 Å². The van der Waals surface area contributed by atoms with Crippen LogP contribution in [0.3, 0.4) is 0 Å². The van der Waals surface area contributed by atoms with Gasteiger partial charge in [-0.3, -0.25) is 4.79 Å². The maximum atomic E-state index is 12.4. The molecular formula is C27H34O2Si. The summed E-state index contributed by atoms with van der Waals surface area (Å²) in [5, 5.41) is 2.62. The molecule has 1 fully saturated rings. The van der Waals surface area contributed by atoms with Gasteiger partial charge in [0.2, 0.25) is 0 Å². The molecule has 0 aromatic heterocycles. The van der Waals surface area contributed by atoms with Crippen LogP contribution in [-0.2, 0) is 9.22 Å². The number of hydrogen-bond donors (Lipinski definition) is 0. The van der Waals surface area contributed by atoms with Gasteiger partial charge in [0.15, 0.2) is 5.78 Å². The summed E-state index contributed by atoms with van der Waals surface area (Å²) in [6.45, 7) is 11.4. The number of fused-ring (bicyclic) bond motifs is 1. The lowest BCUT2D eigenvalue weighted by atomic mass is 9.72. The Morgan fingerprint density at radius 3 is 1.97 bits per heavy atom. The summed E-state index contributed by atoms with van der Waals surface area (Å²) in [5.41, 5.74) is 2.31. The Labute approximate surface area is 182 Å². The van der Waals surface area contributed by atoms with Gasteiger partial charge in [0, 0.05) is 11.8 Å². The zero-order valence-corrected chi connectivity index (χ0v) is 20.0. The third-order valence-electron chi connectivity index (χ3n) is 7.53. The van der Waals surface area contributed by atoms with Crippen LogP contribution < -0.4 is 10.4 Å². The van der Waals surface area contributed by atoms with E-state index < -0.39 is 8.32 Å². The Morgan fingerprint density at radius 2 is 1.47 bits per heavy atom. The molecule has 0 aliphatic heterocycles. The summed E-state index contributed by atoms with van der Waals surface area (Å²) < 4.78 is 7.49. The van der Waals surface area contributed by atoms with Crippen molar-refractivity contribution in [3.8, 4) is 0 Å². The minimum Gasteiger partial charge on any atom is -0.404 e. The van der Waals surface area contributed by atoms with Crippen molar-refractivity contribution in [1.82, 2.24) is 0 Å². The standard InChI is InChI=1S/C27H34O2Si/c1-20-23-16-17-25(27(23,5)19-18-24(20)28)29-30(26(2,3)4,21-12-8-6-9-13-21)22-14-10-7-11-15-22/h6-15,25H,16-19H2,1-5H3/t25-,27-/m0/s1. The van der Waals surface area contributed by atoms with Crippen molar-refractivity contribution in [2.24, 2.45) is 5.41 Å². The van der Waals surface area contributed by atoms with Gasteiger partial charge in [-0.25, -0.2) is 0 Å². The molecule has 0 amide bonds. The van der Waals surface area contributed by atoms with Crippen LogP contribution in [0.25, 0.3) is 0 Å². The van der Waals surface area contributed by atoms with Crippen LogP contribution in [0.1, 0.15) is 60.3 Å². The summed E-state index contributed by atoms with van der Waals surface area (Å²) in [4.78, 5) is 12.4. The van der Waals surface area contributed by atoms with Gasteiger partial charge in [-0.1, -0.05) is 93.9 Å². The lowest BCUT2D eigenvalue weighted by Crippen LogP contribution is -2.68. The van der Waals surface area contributed by atoms with Crippen LogP contribution in [0.15, 0.2) is 71.8 Å². The number of Topliss-reactive ketones (excluding diaryl/α,β-unsaturated/α-hetero) is 1. The van der Waals surface area contributed by atoms with Gasteiger partial charge in [-0.15, -0.1) is 0 Å². The van der Waals surface area contributed by atoms with Crippen LogP contribution in [-0.4, -0.2) is 20.2 Å². The first-order valence-electron chi connectivity index (χ1n) is 11.2. The topological polar surface area (TPSA) is 26.3 Å². The molecule has 0 bridgehead atoms. The van der Waals surface area contributed by atoms with E-state index in [0.717, 1.165) is 24.8 Å². The minimum atomic E-state index is -2.58. The second-order valence-electron chi connectivity index (χ2n) is 10.3. The second kappa shape index (κ2) is 7.62. The average Bonchev–Trinajstić information content (AvgIpc) is 3.06. The number of carbonyl (C=O) groups is 1. The maximum Gasteiger partial charge on any atom is 0.261 e. The van der Waals surface area contributed by atoms with Crippen molar-refractivity contribution in [2.45, 2.75) is 71.4 Å². The molecule has 2 aliphatic rings. The predicted molar refractivity (Wildman–Crippen MR) is 127 cm³/mol. The maximum absolute atomic E-state index is 12.4. The number of hydrogen-bond acceptors (Lipinski definition) is 2. The molecule has 30 heavy (non-hydrogen) atoms. The van der Waals surface area contributed by atoms with Crippen LogP contribution in [0.4, 0.5) is 0 Å². The third kappa shape index (κ3) is 3.23. The molecule has 2 aromatic carbocycles. The van der Waals surface area contributed by atoms with E-state index in [4.69, 9.17) is 4.43 Å². The van der Waals surface area contributed by atoms with Gasteiger partial charge >= 0.3 is 0 Å². The highest BCUT2D eigenvalue weighted by atomic mass is 28.4. The van der Waals surface area contributed by atoms with Gasteiger partial charge in [0.1, 0.15) is 0 Å². The van der Waals surface area contributed by atoms with Crippen LogP contribution in [0, 0.1) is 5.41 Å². The lowest BCUT2D eigenvalue weighted by Gasteiger charge is -2.48. The fourth-order valence-electron chi connectivity index (χ4n) is 5.82. The van der Waals surface area contributed by atoms with E-state index in [2.05, 4.69) is 88.4 Å². The molecule has 0 heterocycles. The van der Waals surface area contributed by atoms with Gasteiger partial charge < -0.3 is 4.43 Å². The van der Waals surface area contributed by atoms with E-state index in [1.165, 1.54) is 15.9 Å². The Hall–Kier alpha value is -1.97. The Morgan fingerprint density at radius 1 is 0.933 bits per heavy atom. The van der Waals surface area contributed by atoms with Crippen molar-refractivity contribution in [2.75, 3.05) is 0 Å². The molecule has 4 rings (SSSR count). The fraction of sp³-hybridized carbons (Fsp3) is 0.444. The summed E-state index contributed by atoms with van der Waals surface area (Å²) >= 11 is 0. The number of rotatable bonds is 4. The molecular weight excluding hydrogens is 384 g/mol. The molecule has 1 saturated carbocycles. The van der Waals surface area contributed by atoms with E-state index in [1.54, 1.807) is 0 Å². The van der Waals surface area contributed by atoms with Crippen molar-refractivity contribution < 1.29 is 9.22 Å². The van der Waals surface area contributed by atoms with Crippen molar-refractivity contribution >= 4 is 24.5 Å². The van der Waals surface area contributed by atoms with Crippen LogP contribution >= 0.6 is 0 Å². The number of carbonyl (C=O) groups excluding carboxylic acids is 1. The summed E-state index contributed by atoms with van der Waals surface area (Å²) in [6.07, 6.45) is 3.67. The lowest BCUT2D eigenvalue weighted by molar-refractivity contribution is -0.117. The highest BCUT2D eigenvalue weighted by Gasteiger charge is 2.56. The summed E-state index contributed by atoms with van der Waals surface area (Å²) in [7, 11) is -2.58. The van der Waals surface area contributed by atoms with Gasteiger partial charge in [-0.2, -0.15) is 0 Å². The SMILES string of the molecule is CC1=C2CC[C@H](O[Si](c3ccccc3)(c3ccccc3)C(C)(C)C)[C@@]2(C)CCC1=O. The largest absolute Gasteiger partial charge is 0.404 e. The zero-order chi connectivity index (χ0) is 21.6. The first-order chi connectivity index (χ1) is 14.2. The second-order valence-corrected chi connectivity index (χ2v) is 14.5. The molecule has 2 aromatic rings. The van der Waals surface area contributed by atoms with Crippen LogP contribution in [0.2, 0.25) is 5.04 Å². The highest BCUT2D eigenvalue weighted by Crippen LogP contribution is 2.53. The molecule has 158 valence electrons. The van der Waals surface area contributed by atoms with Crippen LogP contribution in [0.5, 0.6) is 0 Å². The van der Waals surface area contributed by atoms with E-state index in [0.29, 0.717) is 12.2 Å². The summed E-state index contributed by atoms with van der Waals surface area (Å²) in [5.74, 6) is 0.327. The van der Waals surface area contributed by atoms with Gasteiger partial charge in [0.05, 0.1) is 6.10 Å². The third-order valence-corrected chi connectivity index (χ3v) is 12.6. The van der Waals surface area contributed by atoms with E-state index in [-0.39, 0.29) is 16.6 Å². The van der Waals surface area contributed by atoms with Crippen molar-refractivity contribution in [3.05, 3.63) is 71.8 Å². The molecule has 2 atom stereocenters. The molecule has 0 saturated heterocycles. The van der Waals surface area contributed by atoms with E-state index in [1.807, 2.05) is 6.92 Å². The number of ketones is 1. The van der Waals surface area contributed by atoms with Crippen molar-refractivity contribution in [3.63, 3.8) is 0 Å². The first-order valence-corrected chi connectivity index (χ1v) is 13.1. The minimum absolute atomic E-state index is 0.0297. The monoisotopic (exact) mass is 418 g/mol. The van der Waals surface area contributed by atoms with Gasteiger partial charge in [0.25, 0.3) is 8.32 Å².